The van der Waals surface area contributed by atoms with Crippen LogP contribution in [0.4, 0.5) is 5.13 Å². The van der Waals surface area contributed by atoms with Crippen molar-refractivity contribution in [1.29, 1.82) is 0 Å². The zero-order valence-electron chi connectivity index (χ0n) is 10.5. The summed E-state index contributed by atoms with van der Waals surface area (Å²) in [5, 5.41) is 4.23. The Morgan fingerprint density at radius 1 is 1.35 bits per heavy atom. The number of ether oxygens (including phenoxy) is 1. The zero-order chi connectivity index (χ0) is 12.3. The lowest BCUT2D eigenvalue weighted by Gasteiger charge is -2.07. The van der Waals surface area contributed by atoms with Gasteiger partial charge >= 0.3 is 0 Å². The Bertz CT molecular complexity index is 507. The molecule has 0 saturated heterocycles. The van der Waals surface area contributed by atoms with Gasteiger partial charge in [0.1, 0.15) is 5.75 Å². The molecule has 0 amide bonds. The monoisotopic (exact) mass is 250 g/mol. The Hall–Kier alpha value is -1.29. The second-order valence-electron chi connectivity index (χ2n) is 3.98. The molecule has 0 aliphatic carbocycles. The Morgan fingerprint density at radius 2 is 2.18 bits per heavy atom. The third-order valence-corrected chi connectivity index (χ3v) is 3.45. The molecule has 2 rings (SSSR count). The third-order valence-electron chi connectivity index (χ3n) is 2.47. The molecular formula is C13H18N2OS. The lowest BCUT2D eigenvalue weighted by molar-refractivity contribution is 0.316. The molecule has 3 nitrogen and oxygen atoms in total. The predicted molar refractivity (Wildman–Crippen MR) is 74.3 cm³/mol. The number of fused-ring (bicyclic) bond motifs is 1. The summed E-state index contributed by atoms with van der Waals surface area (Å²) in [4.78, 5) is 4.54. The van der Waals surface area contributed by atoms with Gasteiger partial charge in [0.25, 0.3) is 0 Å². The lowest BCUT2D eigenvalue weighted by Crippen LogP contribution is -1.96. The summed E-state index contributed by atoms with van der Waals surface area (Å²) in [7, 11) is 0. The summed E-state index contributed by atoms with van der Waals surface area (Å²) in [6.45, 7) is 7.93. The van der Waals surface area contributed by atoms with Crippen LogP contribution < -0.4 is 10.1 Å². The maximum atomic E-state index is 5.72. The minimum Gasteiger partial charge on any atom is -0.493 e. The first-order chi connectivity index (χ1) is 8.24. The maximum absolute atomic E-state index is 5.72. The molecular weight excluding hydrogens is 232 g/mol. The summed E-state index contributed by atoms with van der Waals surface area (Å²) in [5.74, 6) is 0.978. The van der Waals surface area contributed by atoms with Crippen molar-refractivity contribution in [3.8, 4) is 5.75 Å². The summed E-state index contributed by atoms with van der Waals surface area (Å²) in [6.07, 6.45) is 1.03. The van der Waals surface area contributed by atoms with Gasteiger partial charge in [0.15, 0.2) is 5.13 Å². The Balaban J connectivity index is 2.34. The highest BCUT2D eigenvalue weighted by Gasteiger charge is 2.07. The van der Waals surface area contributed by atoms with Gasteiger partial charge in [-0.1, -0.05) is 18.3 Å². The van der Waals surface area contributed by atoms with Crippen LogP contribution in [0, 0.1) is 6.92 Å². The van der Waals surface area contributed by atoms with Crippen LogP contribution in [0.3, 0.4) is 0 Å². The van der Waals surface area contributed by atoms with Crippen molar-refractivity contribution in [2.75, 3.05) is 18.5 Å². The molecule has 2 aromatic rings. The number of anilines is 1. The van der Waals surface area contributed by atoms with E-state index in [1.165, 1.54) is 4.70 Å². The molecule has 4 heteroatoms. The number of hydrogen-bond donors (Lipinski definition) is 1. The van der Waals surface area contributed by atoms with Crippen LogP contribution in [0.5, 0.6) is 5.75 Å². The minimum atomic E-state index is 0.769. The van der Waals surface area contributed by atoms with E-state index < -0.39 is 0 Å². The molecule has 0 radical (unpaired) electrons. The number of rotatable bonds is 5. The van der Waals surface area contributed by atoms with Crippen LogP contribution in [-0.2, 0) is 0 Å². The normalized spacial score (nSPS) is 10.8. The second kappa shape index (κ2) is 5.36. The van der Waals surface area contributed by atoms with Gasteiger partial charge < -0.3 is 10.1 Å². The van der Waals surface area contributed by atoms with Crippen LogP contribution in [0.2, 0.25) is 0 Å². The number of aromatic nitrogens is 1. The number of aryl methyl sites for hydroxylation is 1. The highest BCUT2D eigenvalue weighted by atomic mass is 32.1. The molecule has 0 aliphatic rings. The summed E-state index contributed by atoms with van der Waals surface area (Å²) in [5.41, 5.74) is 2.20. The predicted octanol–water partition coefficient (Wildman–Crippen LogP) is 3.83. The fourth-order valence-corrected chi connectivity index (χ4v) is 2.60. The van der Waals surface area contributed by atoms with E-state index in [0.717, 1.165) is 41.5 Å². The minimum absolute atomic E-state index is 0.769. The highest BCUT2D eigenvalue weighted by Crippen LogP contribution is 2.31. The van der Waals surface area contributed by atoms with E-state index >= 15 is 0 Å². The van der Waals surface area contributed by atoms with Crippen molar-refractivity contribution in [1.82, 2.24) is 4.98 Å². The van der Waals surface area contributed by atoms with Gasteiger partial charge in [-0.2, -0.15) is 0 Å². The Labute approximate surface area is 106 Å². The first-order valence-corrected chi connectivity index (χ1v) is 6.84. The third kappa shape index (κ3) is 2.69. The van der Waals surface area contributed by atoms with Crippen molar-refractivity contribution in [3.05, 3.63) is 17.7 Å². The van der Waals surface area contributed by atoms with Gasteiger partial charge in [0, 0.05) is 6.54 Å². The number of thiazole rings is 1. The van der Waals surface area contributed by atoms with E-state index in [1.54, 1.807) is 11.3 Å². The topological polar surface area (TPSA) is 34.1 Å². The first kappa shape index (κ1) is 12.2. The maximum Gasteiger partial charge on any atom is 0.183 e. The Morgan fingerprint density at radius 3 is 2.88 bits per heavy atom. The smallest absolute Gasteiger partial charge is 0.183 e. The van der Waals surface area contributed by atoms with E-state index in [-0.39, 0.29) is 0 Å². The van der Waals surface area contributed by atoms with Gasteiger partial charge in [0.05, 0.1) is 16.8 Å². The molecule has 1 heterocycles. The van der Waals surface area contributed by atoms with E-state index in [1.807, 2.05) is 0 Å². The average Bonchev–Trinajstić information content (AvgIpc) is 2.68. The molecule has 0 aliphatic heterocycles. The van der Waals surface area contributed by atoms with E-state index in [0.29, 0.717) is 0 Å². The zero-order valence-corrected chi connectivity index (χ0v) is 11.4. The molecule has 0 fully saturated rings. The summed E-state index contributed by atoms with van der Waals surface area (Å²) < 4.78 is 6.90. The van der Waals surface area contributed by atoms with Crippen LogP contribution in [0.25, 0.3) is 10.2 Å². The molecule has 0 atom stereocenters. The summed E-state index contributed by atoms with van der Waals surface area (Å²) >= 11 is 1.68. The number of hydrogen-bond acceptors (Lipinski definition) is 4. The molecule has 0 saturated carbocycles. The summed E-state index contributed by atoms with van der Waals surface area (Å²) in [6, 6.07) is 4.19. The van der Waals surface area contributed by atoms with Gasteiger partial charge in [-0.25, -0.2) is 4.98 Å². The van der Waals surface area contributed by atoms with E-state index in [9.17, 15) is 0 Å². The SMILES string of the molecule is CCCOc1cc2sc(NCC)nc2cc1C. The molecule has 1 aromatic heterocycles. The molecule has 0 bridgehead atoms. The van der Waals surface area contributed by atoms with Gasteiger partial charge in [-0.05, 0) is 38.0 Å². The molecule has 1 aromatic carbocycles. The van der Waals surface area contributed by atoms with Crippen LogP contribution in [0.1, 0.15) is 25.8 Å². The molecule has 1 N–H and O–H groups in total. The first-order valence-electron chi connectivity index (χ1n) is 6.02. The molecule has 0 unspecified atom stereocenters. The lowest BCUT2D eigenvalue weighted by atomic mass is 10.2. The van der Waals surface area contributed by atoms with E-state index in [2.05, 4.69) is 43.2 Å². The second-order valence-corrected chi connectivity index (χ2v) is 5.01. The van der Waals surface area contributed by atoms with E-state index in [4.69, 9.17) is 4.74 Å². The Kier molecular flexibility index (Phi) is 3.84. The number of nitrogens with zero attached hydrogens (tertiary/aromatic N) is 1. The quantitative estimate of drug-likeness (QED) is 0.875. The van der Waals surface area contributed by atoms with Gasteiger partial charge in [-0.15, -0.1) is 0 Å². The molecule has 17 heavy (non-hydrogen) atoms. The standard InChI is InChI=1S/C13H18N2OS/c1-4-6-16-11-8-12-10(7-9(11)3)15-13(17-12)14-5-2/h7-8H,4-6H2,1-3H3,(H,14,15). The highest BCUT2D eigenvalue weighted by molar-refractivity contribution is 7.22. The van der Waals surface area contributed by atoms with Crippen molar-refractivity contribution in [3.63, 3.8) is 0 Å². The van der Waals surface area contributed by atoms with Crippen LogP contribution >= 0.6 is 11.3 Å². The van der Waals surface area contributed by atoms with Crippen molar-refractivity contribution < 1.29 is 4.74 Å². The fourth-order valence-electron chi connectivity index (χ4n) is 1.65. The average molecular weight is 250 g/mol. The van der Waals surface area contributed by atoms with Crippen molar-refractivity contribution in [2.24, 2.45) is 0 Å². The number of benzene rings is 1. The molecule has 92 valence electrons. The van der Waals surface area contributed by atoms with Crippen LogP contribution in [0.15, 0.2) is 12.1 Å². The van der Waals surface area contributed by atoms with Gasteiger partial charge in [0.2, 0.25) is 0 Å². The van der Waals surface area contributed by atoms with Crippen molar-refractivity contribution >= 4 is 26.7 Å². The number of nitrogens with one attached hydrogen (secondary N) is 1. The van der Waals surface area contributed by atoms with Gasteiger partial charge in [-0.3, -0.25) is 0 Å². The largest absolute Gasteiger partial charge is 0.493 e. The fraction of sp³-hybridized carbons (Fsp3) is 0.462. The van der Waals surface area contributed by atoms with Crippen LogP contribution in [-0.4, -0.2) is 18.1 Å². The molecule has 0 spiro atoms. The van der Waals surface area contributed by atoms with Crippen molar-refractivity contribution in [2.45, 2.75) is 27.2 Å².